The van der Waals surface area contributed by atoms with E-state index in [1.807, 2.05) is 0 Å². The van der Waals surface area contributed by atoms with E-state index in [-0.39, 0.29) is 22.6 Å². The molecule has 3 unspecified atom stereocenters. The smallest absolute Gasteiger partial charge is 0.229 e. The van der Waals surface area contributed by atoms with E-state index in [1.54, 1.807) is 12.1 Å². The Kier molecular flexibility index (Phi) is 2.92. The van der Waals surface area contributed by atoms with Gasteiger partial charge in [0.25, 0.3) is 0 Å². The van der Waals surface area contributed by atoms with Crippen LogP contribution in [0.5, 0.6) is 5.75 Å². The first-order valence-electron chi connectivity index (χ1n) is 6.19. The van der Waals surface area contributed by atoms with Crippen LogP contribution in [0.1, 0.15) is 19.3 Å². The SMILES string of the molecule is O=C(Nc1ccc(O)c(Cl)c1)C1CC2CCC1N2. The summed E-state index contributed by atoms with van der Waals surface area (Å²) in [7, 11) is 0. The van der Waals surface area contributed by atoms with Crippen molar-refractivity contribution in [1.82, 2.24) is 5.32 Å². The summed E-state index contributed by atoms with van der Waals surface area (Å²) >= 11 is 5.81. The molecule has 18 heavy (non-hydrogen) atoms. The summed E-state index contributed by atoms with van der Waals surface area (Å²) in [4.78, 5) is 12.1. The predicted octanol–water partition coefficient (Wildman–Crippen LogP) is 2.12. The average Bonchev–Trinajstić information content (AvgIpc) is 2.96. The molecule has 2 saturated heterocycles. The molecular formula is C13H15ClN2O2. The van der Waals surface area contributed by atoms with Crippen LogP contribution in [-0.4, -0.2) is 23.1 Å². The van der Waals surface area contributed by atoms with Crippen LogP contribution in [0.25, 0.3) is 0 Å². The van der Waals surface area contributed by atoms with Gasteiger partial charge in [0, 0.05) is 17.8 Å². The molecule has 2 bridgehead atoms. The second-order valence-corrected chi connectivity index (χ2v) is 5.45. The maximum Gasteiger partial charge on any atom is 0.229 e. The molecule has 0 aliphatic carbocycles. The third-order valence-corrected chi connectivity index (χ3v) is 4.15. The summed E-state index contributed by atoms with van der Waals surface area (Å²) in [6.07, 6.45) is 3.18. The molecule has 0 radical (unpaired) electrons. The standard InChI is InChI=1S/C13H15ClN2O2/c14-10-6-8(2-4-12(10)17)16-13(18)9-5-7-1-3-11(9)15-7/h2,4,6-7,9,11,15,17H,1,3,5H2,(H,16,18). The normalized spacial score (nSPS) is 29.5. The quantitative estimate of drug-likeness (QED) is 0.719. The van der Waals surface area contributed by atoms with Crippen molar-refractivity contribution in [2.75, 3.05) is 5.32 Å². The third-order valence-electron chi connectivity index (χ3n) is 3.85. The lowest BCUT2D eigenvalue weighted by Crippen LogP contribution is -2.32. The van der Waals surface area contributed by atoms with Crippen molar-refractivity contribution >= 4 is 23.2 Å². The molecule has 2 fully saturated rings. The first-order chi connectivity index (χ1) is 8.63. The molecule has 0 aromatic heterocycles. The molecular weight excluding hydrogens is 252 g/mol. The fourth-order valence-corrected chi connectivity index (χ4v) is 3.11. The zero-order chi connectivity index (χ0) is 12.7. The summed E-state index contributed by atoms with van der Waals surface area (Å²) in [5.41, 5.74) is 0.630. The molecule has 96 valence electrons. The summed E-state index contributed by atoms with van der Waals surface area (Å²) in [5, 5.41) is 15.9. The molecule has 0 saturated carbocycles. The molecule has 1 aromatic rings. The number of rotatable bonds is 2. The number of amides is 1. The van der Waals surface area contributed by atoms with Crippen molar-refractivity contribution < 1.29 is 9.90 Å². The number of hydrogen-bond acceptors (Lipinski definition) is 3. The van der Waals surface area contributed by atoms with Crippen LogP contribution in [0.2, 0.25) is 5.02 Å². The van der Waals surface area contributed by atoms with Gasteiger partial charge < -0.3 is 15.7 Å². The predicted molar refractivity (Wildman–Crippen MR) is 69.8 cm³/mol. The summed E-state index contributed by atoms with van der Waals surface area (Å²) in [5.74, 6) is 0.115. The van der Waals surface area contributed by atoms with Crippen LogP contribution < -0.4 is 10.6 Å². The second-order valence-electron chi connectivity index (χ2n) is 5.05. The second kappa shape index (κ2) is 4.44. The van der Waals surface area contributed by atoms with Gasteiger partial charge in [0.1, 0.15) is 5.75 Å². The van der Waals surface area contributed by atoms with Crippen LogP contribution in [0.15, 0.2) is 18.2 Å². The van der Waals surface area contributed by atoms with Crippen molar-refractivity contribution in [3.05, 3.63) is 23.2 Å². The van der Waals surface area contributed by atoms with E-state index in [0.717, 1.165) is 12.8 Å². The number of anilines is 1. The number of carbonyl (C=O) groups excluding carboxylic acids is 1. The van der Waals surface area contributed by atoms with Gasteiger partial charge in [0.2, 0.25) is 5.91 Å². The summed E-state index contributed by atoms with van der Waals surface area (Å²) < 4.78 is 0. The van der Waals surface area contributed by atoms with Crippen molar-refractivity contribution in [2.24, 2.45) is 5.92 Å². The molecule has 2 heterocycles. The Hall–Kier alpha value is -1.26. The summed E-state index contributed by atoms with van der Waals surface area (Å²) in [6, 6.07) is 5.53. The number of fused-ring (bicyclic) bond motifs is 2. The van der Waals surface area contributed by atoms with E-state index in [1.165, 1.54) is 12.5 Å². The van der Waals surface area contributed by atoms with Gasteiger partial charge in [-0.25, -0.2) is 0 Å². The number of carbonyl (C=O) groups is 1. The van der Waals surface area contributed by atoms with Crippen molar-refractivity contribution in [2.45, 2.75) is 31.3 Å². The van der Waals surface area contributed by atoms with Crippen molar-refractivity contribution in [3.8, 4) is 5.75 Å². The molecule has 4 nitrogen and oxygen atoms in total. The highest BCUT2D eigenvalue weighted by Gasteiger charge is 2.42. The number of nitrogens with one attached hydrogen (secondary N) is 2. The van der Waals surface area contributed by atoms with E-state index < -0.39 is 0 Å². The van der Waals surface area contributed by atoms with Crippen LogP contribution in [0, 0.1) is 5.92 Å². The van der Waals surface area contributed by atoms with Gasteiger partial charge in [-0.15, -0.1) is 0 Å². The average molecular weight is 267 g/mol. The van der Waals surface area contributed by atoms with Gasteiger partial charge in [-0.05, 0) is 37.5 Å². The number of halogens is 1. The lowest BCUT2D eigenvalue weighted by Gasteiger charge is -2.19. The molecule has 2 aliphatic heterocycles. The number of aromatic hydroxyl groups is 1. The highest BCUT2D eigenvalue weighted by molar-refractivity contribution is 6.32. The minimum Gasteiger partial charge on any atom is -0.506 e. The molecule has 1 amide bonds. The molecule has 3 rings (SSSR count). The fourth-order valence-electron chi connectivity index (χ4n) is 2.93. The Morgan fingerprint density at radius 2 is 2.28 bits per heavy atom. The van der Waals surface area contributed by atoms with Crippen LogP contribution in [0.3, 0.4) is 0 Å². The lowest BCUT2D eigenvalue weighted by atomic mass is 9.88. The number of phenolic OH excluding ortho intramolecular Hbond substituents is 1. The van der Waals surface area contributed by atoms with E-state index in [9.17, 15) is 9.90 Å². The minimum absolute atomic E-state index is 0.0243. The molecule has 0 spiro atoms. The highest BCUT2D eigenvalue weighted by atomic mass is 35.5. The fraction of sp³-hybridized carbons (Fsp3) is 0.462. The Labute approximate surface area is 110 Å². The molecule has 3 atom stereocenters. The minimum atomic E-state index is 0.0243. The topological polar surface area (TPSA) is 61.4 Å². The lowest BCUT2D eigenvalue weighted by molar-refractivity contribution is -0.120. The Balaban J connectivity index is 1.69. The van der Waals surface area contributed by atoms with E-state index in [4.69, 9.17) is 11.6 Å². The first kappa shape index (κ1) is 11.8. The molecule has 1 aromatic carbocycles. The van der Waals surface area contributed by atoms with Gasteiger partial charge in [-0.3, -0.25) is 4.79 Å². The van der Waals surface area contributed by atoms with Gasteiger partial charge >= 0.3 is 0 Å². The van der Waals surface area contributed by atoms with E-state index in [2.05, 4.69) is 10.6 Å². The van der Waals surface area contributed by atoms with Gasteiger partial charge in [0.15, 0.2) is 0 Å². The maximum atomic E-state index is 12.1. The first-order valence-corrected chi connectivity index (χ1v) is 6.57. The van der Waals surface area contributed by atoms with Crippen LogP contribution in [0.4, 0.5) is 5.69 Å². The molecule has 2 aliphatic rings. The van der Waals surface area contributed by atoms with Crippen molar-refractivity contribution in [3.63, 3.8) is 0 Å². The van der Waals surface area contributed by atoms with E-state index in [0.29, 0.717) is 17.8 Å². The Morgan fingerprint density at radius 1 is 1.44 bits per heavy atom. The van der Waals surface area contributed by atoms with Crippen molar-refractivity contribution in [1.29, 1.82) is 0 Å². The third kappa shape index (κ3) is 2.06. The zero-order valence-electron chi connectivity index (χ0n) is 9.82. The Morgan fingerprint density at radius 3 is 2.89 bits per heavy atom. The number of hydrogen-bond donors (Lipinski definition) is 3. The van der Waals surface area contributed by atoms with Gasteiger partial charge in [-0.1, -0.05) is 11.6 Å². The summed E-state index contributed by atoms with van der Waals surface area (Å²) in [6.45, 7) is 0. The monoisotopic (exact) mass is 266 g/mol. The van der Waals surface area contributed by atoms with Gasteiger partial charge in [-0.2, -0.15) is 0 Å². The zero-order valence-corrected chi connectivity index (χ0v) is 10.6. The number of phenols is 1. The Bertz CT molecular complexity index is 492. The maximum absolute atomic E-state index is 12.1. The van der Waals surface area contributed by atoms with Crippen LogP contribution >= 0.6 is 11.6 Å². The van der Waals surface area contributed by atoms with Gasteiger partial charge in [0.05, 0.1) is 10.9 Å². The largest absolute Gasteiger partial charge is 0.506 e. The van der Waals surface area contributed by atoms with E-state index >= 15 is 0 Å². The number of benzene rings is 1. The van der Waals surface area contributed by atoms with Crippen LogP contribution in [-0.2, 0) is 4.79 Å². The highest BCUT2D eigenvalue weighted by Crippen LogP contribution is 2.34. The molecule has 3 N–H and O–H groups in total. The molecule has 5 heteroatoms.